The number of nitrogens with zero attached hydrogens (tertiary/aromatic N) is 3. The number of ether oxygens (including phenoxy) is 2. The Morgan fingerprint density at radius 1 is 0.976 bits per heavy atom. The monoisotopic (exact) mass is 577 g/mol. The summed E-state index contributed by atoms with van der Waals surface area (Å²) in [6.07, 6.45) is 0.585. The van der Waals surface area contributed by atoms with Crippen LogP contribution < -0.4 is 11.1 Å². The highest BCUT2D eigenvalue weighted by Gasteiger charge is 2.59. The third-order valence-corrected chi connectivity index (χ3v) is 9.46. The molecule has 0 aromatic heterocycles. The molecule has 5 rings (SSSR count). The molecule has 1 fully saturated rings. The lowest BCUT2D eigenvalue weighted by Crippen LogP contribution is -2.74. The Balaban J connectivity index is 1.70. The van der Waals surface area contributed by atoms with Gasteiger partial charge in [0.1, 0.15) is 6.04 Å². The SMILES string of the molecule is CC[C@@H](N)C(=O)NC[C@H]1C2=C(C[C@@H]3[C@H]4C5=C(C[C@@H]([C@@H](C#N)N31)N4C)C(=O)C(C)=C(OC)C5=O)C(=O)C(C)=C(OC)C2=O. The Bertz CT molecular complexity index is 1490. The van der Waals surface area contributed by atoms with Gasteiger partial charge in [0, 0.05) is 52.1 Å². The van der Waals surface area contributed by atoms with Crippen molar-refractivity contribution in [2.75, 3.05) is 27.8 Å². The minimum atomic E-state index is -0.888. The number of nitrogens with two attached hydrogens (primary N) is 1. The molecule has 3 N–H and O–H groups in total. The quantitative estimate of drug-likeness (QED) is 0.407. The fourth-order valence-corrected chi connectivity index (χ4v) is 7.33. The van der Waals surface area contributed by atoms with Gasteiger partial charge in [-0.05, 0) is 40.2 Å². The minimum absolute atomic E-state index is 0.0277. The van der Waals surface area contributed by atoms with Crippen molar-refractivity contribution >= 4 is 29.0 Å². The molecule has 2 aliphatic carbocycles. The number of carbonyl (C=O) groups excluding carboxylic acids is 5. The average molecular weight is 578 g/mol. The topological polar surface area (TPSA) is 172 Å². The van der Waals surface area contributed by atoms with Crippen LogP contribution in [0.5, 0.6) is 0 Å². The average Bonchev–Trinajstić information content (AvgIpc) is 2.97. The zero-order valence-electron chi connectivity index (χ0n) is 24.6. The third-order valence-electron chi connectivity index (χ3n) is 9.46. The molecule has 1 saturated heterocycles. The van der Waals surface area contributed by atoms with E-state index in [2.05, 4.69) is 11.4 Å². The van der Waals surface area contributed by atoms with E-state index in [9.17, 15) is 29.2 Å². The van der Waals surface area contributed by atoms with Crippen molar-refractivity contribution in [3.8, 4) is 6.07 Å². The zero-order chi connectivity index (χ0) is 30.8. The van der Waals surface area contributed by atoms with Crippen molar-refractivity contribution in [3.63, 3.8) is 0 Å². The molecule has 0 spiro atoms. The second-order valence-corrected chi connectivity index (χ2v) is 11.4. The molecule has 0 saturated carbocycles. The van der Waals surface area contributed by atoms with Gasteiger partial charge in [0.15, 0.2) is 23.1 Å². The maximum Gasteiger partial charge on any atom is 0.236 e. The molecule has 0 radical (unpaired) electrons. The maximum absolute atomic E-state index is 13.8. The molecular weight excluding hydrogens is 542 g/mol. The molecule has 0 aromatic carbocycles. The number of hydrogen-bond donors (Lipinski definition) is 2. The molecule has 1 amide bonds. The van der Waals surface area contributed by atoms with Crippen LogP contribution >= 0.6 is 0 Å². The number of piperazine rings is 1. The highest BCUT2D eigenvalue weighted by atomic mass is 16.5. The summed E-state index contributed by atoms with van der Waals surface area (Å²) in [5.41, 5.74) is 7.40. The number of hydrogen-bond acceptors (Lipinski definition) is 11. The van der Waals surface area contributed by atoms with Crippen molar-refractivity contribution in [1.29, 1.82) is 5.26 Å². The molecule has 3 heterocycles. The maximum atomic E-state index is 13.8. The Morgan fingerprint density at radius 3 is 2.02 bits per heavy atom. The second kappa shape index (κ2) is 10.7. The highest BCUT2D eigenvalue weighted by Crippen LogP contribution is 2.48. The van der Waals surface area contributed by atoms with Gasteiger partial charge >= 0.3 is 0 Å². The number of likely N-dealkylation sites (N-methyl/N-ethyl adjacent to an activating group) is 1. The fourth-order valence-electron chi connectivity index (χ4n) is 7.33. The number of methoxy groups -OCH3 is 2. The molecule has 0 aromatic rings. The molecule has 12 nitrogen and oxygen atoms in total. The van der Waals surface area contributed by atoms with Crippen LogP contribution in [0, 0.1) is 11.3 Å². The fraction of sp³-hybridized carbons (Fsp3) is 0.533. The molecule has 0 unspecified atom stereocenters. The largest absolute Gasteiger partial charge is 0.492 e. The predicted molar refractivity (Wildman–Crippen MR) is 148 cm³/mol. The van der Waals surface area contributed by atoms with E-state index in [-0.39, 0.29) is 70.3 Å². The van der Waals surface area contributed by atoms with Crippen LogP contribution in [0.1, 0.15) is 40.0 Å². The second-order valence-electron chi connectivity index (χ2n) is 11.4. The van der Waals surface area contributed by atoms with Crippen LogP contribution in [0.3, 0.4) is 0 Å². The molecular formula is C30H35N5O7. The van der Waals surface area contributed by atoms with E-state index in [4.69, 9.17) is 15.2 Å². The normalized spacial score (nSPS) is 30.6. The first-order chi connectivity index (χ1) is 19.9. The van der Waals surface area contributed by atoms with Gasteiger partial charge in [0.25, 0.3) is 0 Å². The van der Waals surface area contributed by atoms with Crippen LogP contribution in [0.15, 0.2) is 45.0 Å². The van der Waals surface area contributed by atoms with Gasteiger partial charge in [0.05, 0.1) is 38.4 Å². The predicted octanol–water partition coefficient (Wildman–Crippen LogP) is -0.00112. The summed E-state index contributed by atoms with van der Waals surface area (Å²) < 4.78 is 10.7. The lowest BCUT2D eigenvalue weighted by atomic mass is 9.67. The summed E-state index contributed by atoms with van der Waals surface area (Å²) in [5, 5.41) is 13.4. The summed E-state index contributed by atoms with van der Waals surface area (Å²) in [7, 11) is 4.47. The van der Waals surface area contributed by atoms with Crippen LogP contribution in [-0.4, -0.2) is 103 Å². The number of fused-ring (bicyclic) bond motifs is 5. The van der Waals surface area contributed by atoms with Gasteiger partial charge in [-0.15, -0.1) is 0 Å². The van der Waals surface area contributed by atoms with E-state index in [1.54, 1.807) is 20.9 Å². The van der Waals surface area contributed by atoms with Gasteiger partial charge in [-0.1, -0.05) is 6.92 Å². The van der Waals surface area contributed by atoms with E-state index in [0.717, 1.165) is 0 Å². The Hall–Kier alpha value is -3.92. The van der Waals surface area contributed by atoms with Crippen molar-refractivity contribution in [1.82, 2.24) is 15.1 Å². The van der Waals surface area contributed by atoms with E-state index in [1.165, 1.54) is 21.1 Å². The van der Waals surface area contributed by atoms with Gasteiger partial charge in [-0.25, -0.2) is 0 Å². The first-order valence-corrected chi connectivity index (χ1v) is 14.0. The summed E-state index contributed by atoms with van der Waals surface area (Å²) in [6.45, 7) is 4.75. The molecule has 5 aliphatic rings. The van der Waals surface area contributed by atoms with Crippen LogP contribution in [0.25, 0.3) is 0 Å². The number of amides is 1. The summed E-state index contributed by atoms with van der Waals surface area (Å²) in [6, 6.07) is -1.96. The Morgan fingerprint density at radius 2 is 1.50 bits per heavy atom. The Labute approximate surface area is 243 Å². The standard InChI is InChI=1S/C30H35N5O7/c1-7-16(32)30(40)33-11-20-21-14(24(36)12(2)28(41-5)26(21)38)9-18-23-22-15(25(37)13(3)29(42-6)27(22)39)8-17(34(23)4)19(10-31)35(18)20/h16-20,23H,7-9,11,32H2,1-6H3,(H,33,40)/t16-,17+,18-,19-,20+,23+/m1/s1. The number of nitrogens with one attached hydrogen (secondary N) is 1. The summed E-state index contributed by atoms with van der Waals surface area (Å²) >= 11 is 0. The summed E-state index contributed by atoms with van der Waals surface area (Å²) in [5.74, 6) is -2.09. The third kappa shape index (κ3) is 4.02. The van der Waals surface area contributed by atoms with E-state index in [0.29, 0.717) is 12.0 Å². The first-order valence-electron chi connectivity index (χ1n) is 14.0. The number of rotatable bonds is 6. The number of Topliss-reactive ketones (excluding diaryl/α,β-unsaturated/α-hetero) is 4. The number of carbonyl (C=O) groups is 5. The number of allylic oxidation sites excluding steroid dienone is 4. The first kappa shape index (κ1) is 29.6. The molecule has 42 heavy (non-hydrogen) atoms. The van der Waals surface area contributed by atoms with Crippen LogP contribution in [0.2, 0.25) is 0 Å². The van der Waals surface area contributed by atoms with Gasteiger partial charge in [-0.3, -0.25) is 33.8 Å². The van der Waals surface area contributed by atoms with Crippen molar-refractivity contribution in [2.45, 2.75) is 76.3 Å². The lowest BCUT2D eigenvalue weighted by molar-refractivity contribution is -0.126. The van der Waals surface area contributed by atoms with Crippen molar-refractivity contribution in [2.24, 2.45) is 5.73 Å². The highest BCUT2D eigenvalue weighted by molar-refractivity contribution is 6.26. The van der Waals surface area contributed by atoms with Crippen LogP contribution in [-0.2, 0) is 33.4 Å². The number of ketones is 4. The van der Waals surface area contributed by atoms with E-state index in [1.807, 2.05) is 9.80 Å². The molecule has 3 aliphatic heterocycles. The summed E-state index contributed by atoms with van der Waals surface area (Å²) in [4.78, 5) is 71.4. The molecule has 222 valence electrons. The van der Waals surface area contributed by atoms with Crippen LogP contribution in [0.4, 0.5) is 0 Å². The molecule has 6 atom stereocenters. The van der Waals surface area contributed by atoms with Gasteiger partial charge in [0.2, 0.25) is 17.5 Å². The van der Waals surface area contributed by atoms with E-state index >= 15 is 0 Å². The van der Waals surface area contributed by atoms with Crippen molar-refractivity contribution < 1.29 is 33.4 Å². The molecule has 12 heteroatoms. The molecule has 2 bridgehead atoms. The number of nitriles is 1. The zero-order valence-corrected chi connectivity index (χ0v) is 24.6. The van der Waals surface area contributed by atoms with Gasteiger partial charge < -0.3 is 20.5 Å². The van der Waals surface area contributed by atoms with E-state index < -0.39 is 53.7 Å². The smallest absolute Gasteiger partial charge is 0.236 e. The minimum Gasteiger partial charge on any atom is -0.492 e. The van der Waals surface area contributed by atoms with Gasteiger partial charge in [-0.2, -0.15) is 5.26 Å². The van der Waals surface area contributed by atoms with Crippen molar-refractivity contribution in [3.05, 3.63) is 45.0 Å². The lowest BCUT2D eigenvalue weighted by Gasteiger charge is -2.60. The Kier molecular flexibility index (Phi) is 7.55.